The molecule has 2 heteroatoms. The van der Waals surface area contributed by atoms with Gasteiger partial charge in [-0.05, 0) is 35.8 Å². The molecule has 0 saturated carbocycles. The quantitative estimate of drug-likeness (QED) is 0.776. The predicted molar refractivity (Wildman–Crippen MR) is 65.6 cm³/mol. The highest BCUT2D eigenvalue weighted by Crippen LogP contribution is 2.08. The van der Waals surface area contributed by atoms with Crippen LogP contribution in [-0.2, 0) is 6.42 Å². The van der Waals surface area contributed by atoms with Gasteiger partial charge in [-0.1, -0.05) is 31.2 Å². The maximum atomic E-state index is 4.12. The molecule has 1 radical (unpaired) electrons. The van der Waals surface area contributed by atoms with Crippen molar-refractivity contribution >= 4 is 12.2 Å². The van der Waals surface area contributed by atoms with E-state index < -0.39 is 0 Å². The summed E-state index contributed by atoms with van der Waals surface area (Å²) < 4.78 is 0. The Bertz CT molecular complexity index is 475. The third-order valence-electron chi connectivity index (χ3n) is 2.30. The lowest BCUT2D eigenvalue weighted by Gasteiger charge is -1.97. The summed E-state index contributed by atoms with van der Waals surface area (Å²) in [6.07, 6.45) is 8.27. The molecule has 79 valence electrons. The van der Waals surface area contributed by atoms with Gasteiger partial charge in [0.05, 0.1) is 5.69 Å². The zero-order chi connectivity index (χ0) is 11.2. The van der Waals surface area contributed by atoms with Gasteiger partial charge in [0, 0.05) is 6.20 Å². The van der Waals surface area contributed by atoms with Gasteiger partial charge in [0.15, 0.2) is 0 Å². The van der Waals surface area contributed by atoms with E-state index in [1.165, 1.54) is 5.56 Å². The maximum Gasteiger partial charge on any atom is 0.115 e. The van der Waals surface area contributed by atoms with Crippen molar-refractivity contribution in [2.75, 3.05) is 0 Å². The fourth-order valence-electron chi connectivity index (χ4n) is 1.41. The van der Waals surface area contributed by atoms with Crippen molar-refractivity contribution in [3.05, 3.63) is 59.7 Å². The van der Waals surface area contributed by atoms with E-state index in [4.69, 9.17) is 0 Å². The molecule has 2 rings (SSSR count). The second kappa shape index (κ2) is 5.21. The van der Waals surface area contributed by atoms with Crippen molar-refractivity contribution in [3.63, 3.8) is 0 Å². The second-order valence-electron chi connectivity index (χ2n) is 3.45. The smallest absolute Gasteiger partial charge is 0.115 e. The van der Waals surface area contributed by atoms with E-state index in [2.05, 4.69) is 35.1 Å². The summed E-state index contributed by atoms with van der Waals surface area (Å²) in [6.45, 7) is 2.13. The van der Waals surface area contributed by atoms with Gasteiger partial charge in [-0.25, -0.2) is 9.97 Å². The fraction of sp³-hybridized carbons (Fsp3) is 0.143. The van der Waals surface area contributed by atoms with Crippen LogP contribution in [0.25, 0.3) is 12.2 Å². The summed E-state index contributed by atoms with van der Waals surface area (Å²) in [4.78, 5) is 8.00. The van der Waals surface area contributed by atoms with Crippen LogP contribution in [0.5, 0.6) is 0 Å². The third-order valence-corrected chi connectivity index (χ3v) is 2.30. The lowest BCUT2D eigenvalue weighted by atomic mass is 10.1. The molecular weight excluding hydrogens is 196 g/mol. The number of aromatic nitrogens is 2. The van der Waals surface area contributed by atoms with Crippen LogP contribution in [0, 0.1) is 6.07 Å². The molecule has 0 aliphatic carbocycles. The second-order valence-corrected chi connectivity index (χ2v) is 3.45. The zero-order valence-electron chi connectivity index (χ0n) is 9.22. The highest BCUT2D eigenvalue weighted by atomic mass is 14.8. The first kappa shape index (κ1) is 10.6. The van der Waals surface area contributed by atoms with Crippen LogP contribution in [0.2, 0.25) is 0 Å². The van der Waals surface area contributed by atoms with Gasteiger partial charge < -0.3 is 0 Å². The lowest BCUT2D eigenvalue weighted by Crippen LogP contribution is -1.82. The first-order valence-corrected chi connectivity index (χ1v) is 5.34. The molecular formula is C14H13N2. The summed E-state index contributed by atoms with van der Waals surface area (Å²) in [7, 11) is 0. The first-order chi connectivity index (χ1) is 7.88. The Morgan fingerprint density at radius 2 is 2.19 bits per heavy atom. The van der Waals surface area contributed by atoms with Crippen LogP contribution < -0.4 is 0 Å². The van der Waals surface area contributed by atoms with Crippen LogP contribution in [0.4, 0.5) is 0 Å². The first-order valence-electron chi connectivity index (χ1n) is 5.34. The topological polar surface area (TPSA) is 25.8 Å². The van der Waals surface area contributed by atoms with Crippen molar-refractivity contribution in [1.29, 1.82) is 0 Å². The minimum atomic E-state index is 0.908. The van der Waals surface area contributed by atoms with Gasteiger partial charge in [-0.2, -0.15) is 0 Å². The molecule has 2 nitrogen and oxygen atoms in total. The van der Waals surface area contributed by atoms with E-state index in [0.29, 0.717) is 0 Å². The number of hydrogen-bond donors (Lipinski definition) is 0. The maximum absolute atomic E-state index is 4.12. The molecule has 0 amide bonds. The molecule has 0 atom stereocenters. The number of rotatable bonds is 3. The number of hydrogen-bond acceptors (Lipinski definition) is 2. The van der Waals surface area contributed by atoms with Crippen LogP contribution in [0.3, 0.4) is 0 Å². The van der Waals surface area contributed by atoms with Gasteiger partial charge >= 0.3 is 0 Å². The number of nitrogens with zero attached hydrogens (tertiary/aromatic N) is 2. The Labute approximate surface area is 95.7 Å². The van der Waals surface area contributed by atoms with Crippen LogP contribution >= 0.6 is 0 Å². The molecule has 1 aromatic heterocycles. The van der Waals surface area contributed by atoms with Gasteiger partial charge in [0.25, 0.3) is 0 Å². The molecule has 1 aromatic carbocycles. The Balaban J connectivity index is 2.17. The van der Waals surface area contributed by atoms with Crippen molar-refractivity contribution in [2.24, 2.45) is 0 Å². The Hall–Kier alpha value is -1.96. The summed E-state index contributed by atoms with van der Waals surface area (Å²) in [5.41, 5.74) is 3.22. The summed E-state index contributed by atoms with van der Waals surface area (Å²) in [5, 5.41) is 0. The highest BCUT2D eigenvalue weighted by molar-refractivity contribution is 5.67. The van der Waals surface area contributed by atoms with Gasteiger partial charge in [-0.3, -0.25) is 0 Å². The molecule has 0 unspecified atom stereocenters. The SMILES string of the molecule is CCc1[c]c(C=Cc2ccncn2)ccc1. The van der Waals surface area contributed by atoms with Crippen molar-refractivity contribution in [2.45, 2.75) is 13.3 Å². The Morgan fingerprint density at radius 1 is 1.25 bits per heavy atom. The van der Waals surface area contributed by atoms with Gasteiger partial charge in [-0.15, -0.1) is 0 Å². The summed E-state index contributed by atoms with van der Waals surface area (Å²) in [5.74, 6) is 0. The van der Waals surface area contributed by atoms with Gasteiger partial charge in [0.1, 0.15) is 6.33 Å². The van der Waals surface area contributed by atoms with E-state index in [1.54, 1.807) is 12.5 Å². The zero-order valence-corrected chi connectivity index (χ0v) is 9.22. The largest absolute Gasteiger partial charge is 0.245 e. The monoisotopic (exact) mass is 209 g/mol. The van der Waals surface area contributed by atoms with Crippen molar-refractivity contribution in [3.8, 4) is 0 Å². The Kier molecular flexibility index (Phi) is 3.44. The standard InChI is InChI=1S/C14H13N2/c1-2-12-4-3-5-13(10-12)6-7-14-8-9-15-11-16-14/h3-9,11H,2H2,1H3. The minimum Gasteiger partial charge on any atom is -0.245 e. The highest BCUT2D eigenvalue weighted by Gasteiger charge is 1.91. The number of benzene rings is 1. The molecule has 0 saturated heterocycles. The molecule has 0 N–H and O–H groups in total. The van der Waals surface area contributed by atoms with E-state index in [9.17, 15) is 0 Å². The van der Waals surface area contributed by atoms with E-state index in [0.717, 1.165) is 17.7 Å². The molecule has 0 aliphatic heterocycles. The molecule has 0 aliphatic rings. The lowest BCUT2D eigenvalue weighted by molar-refractivity contribution is 1.13. The molecule has 16 heavy (non-hydrogen) atoms. The van der Waals surface area contributed by atoms with Gasteiger partial charge in [0.2, 0.25) is 0 Å². The third kappa shape index (κ3) is 2.76. The molecule has 0 spiro atoms. The van der Waals surface area contributed by atoms with E-state index in [1.807, 2.05) is 24.3 Å². The molecule has 2 aromatic rings. The Morgan fingerprint density at radius 3 is 2.94 bits per heavy atom. The van der Waals surface area contributed by atoms with Crippen LogP contribution in [0.1, 0.15) is 23.7 Å². The minimum absolute atomic E-state index is 0.908. The summed E-state index contributed by atoms with van der Waals surface area (Å²) >= 11 is 0. The molecule has 1 heterocycles. The summed E-state index contributed by atoms with van der Waals surface area (Å²) in [6, 6.07) is 11.4. The van der Waals surface area contributed by atoms with Crippen molar-refractivity contribution in [1.82, 2.24) is 9.97 Å². The fourth-order valence-corrected chi connectivity index (χ4v) is 1.41. The van der Waals surface area contributed by atoms with Crippen molar-refractivity contribution < 1.29 is 0 Å². The number of aryl methyl sites for hydroxylation is 1. The van der Waals surface area contributed by atoms with E-state index >= 15 is 0 Å². The molecule has 0 fully saturated rings. The van der Waals surface area contributed by atoms with Crippen LogP contribution in [-0.4, -0.2) is 9.97 Å². The average molecular weight is 209 g/mol. The molecule has 0 bridgehead atoms. The normalized spacial score (nSPS) is 10.8. The predicted octanol–water partition coefficient (Wildman–Crippen LogP) is 3.01. The average Bonchev–Trinajstić information content (AvgIpc) is 2.38. The van der Waals surface area contributed by atoms with E-state index in [-0.39, 0.29) is 0 Å². The van der Waals surface area contributed by atoms with Crippen LogP contribution in [0.15, 0.2) is 36.8 Å².